The number of Topliss-reactive ketones (excluding diaryl/α,β-unsaturated/α-hetero) is 1. The molecule has 1 aromatic rings. The van der Waals surface area contributed by atoms with Gasteiger partial charge in [-0.25, -0.2) is 0 Å². The number of hydrogen-bond acceptors (Lipinski definition) is 4. The van der Waals surface area contributed by atoms with E-state index < -0.39 is 0 Å². The lowest BCUT2D eigenvalue weighted by Gasteiger charge is -2.22. The molecule has 2 amide bonds. The summed E-state index contributed by atoms with van der Waals surface area (Å²) in [6, 6.07) is 6.87. The highest BCUT2D eigenvalue weighted by Gasteiger charge is 2.15. The van der Waals surface area contributed by atoms with Crippen molar-refractivity contribution in [3.63, 3.8) is 0 Å². The van der Waals surface area contributed by atoms with Crippen LogP contribution in [0.15, 0.2) is 24.3 Å². The monoisotopic (exact) mass is 319 g/mol. The molecule has 1 aromatic carbocycles. The second kappa shape index (κ2) is 9.05. The lowest BCUT2D eigenvalue weighted by Crippen LogP contribution is -2.41. The van der Waals surface area contributed by atoms with Crippen LogP contribution < -0.4 is 5.32 Å². The zero-order valence-electron chi connectivity index (χ0n) is 14.3. The largest absolute Gasteiger partial charge is 0.342 e. The standard InChI is InChI=1S/C17H25N3O3/c1-5-20(6-2)17(23)12-19(4)11-16(22)18-15-10-8-7-9-14(15)13(3)21/h7-10H,5-6,11-12H2,1-4H3,(H,18,22). The van der Waals surface area contributed by atoms with Gasteiger partial charge in [0.2, 0.25) is 11.8 Å². The number of carbonyl (C=O) groups is 3. The van der Waals surface area contributed by atoms with Crippen molar-refractivity contribution >= 4 is 23.3 Å². The van der Waals surface area contributed by atoms with E-state index in [9.17, 15) is 14.4 Å². The Hall–Kier alpha value is -2.21. The molecule has 0 fully saturated rings. The van der Waals surface area contributed by atoms with Crippen LogP contribution >= 0.6 is 0 Å². The van der Waals surface area contributed by atoms with Crippen LogP contribution in [0.1, 0.15) is 31.1 Å². The van der Waals surface area contributed by atoms with Crippen LogP contribution in [0.3, 0.4) is 0 Å². The van der Waals surface area contributed by atoms with E-state index >= 15 is 0 Å². The van der Waals surface area contributed by atoms with Crippen LogP contribution in [-0.2, 0) is 9.59 Å². The number of nitrogens with one attached hydrogen (secondary N) is 1. The molecule has 0 unspecified atom stereocenters. The molecule has 0 aliphatic heterocycles. The van der Waals surface area contributed by atoms with Crippen LogP contribution in [-0.4, -0.2) is 60.6 Å². The fourth-order valence-electron chi connectivity index (χ4n) is 2.30. The van der Waals surface area contributed by atoms with Gasteiger partial charge in [-0.3, -0.25) is 19.3 Å². The molecule has 0 atom stereocenters. The second-order valence-corrected chi connectivity index (χ2v) is 5.39. The van der Waals surface area contributed by atoms with Crippen molar-refractivity contribution in [1.82, 2.24) is 9.80 Å². The van der Waals surface area contributed by atoms with E-state index in [2.05, 4.69) is 5.32 Å². The maximum Gasteiger partial charge on any atom is 0.238 e. The Morgan fingerprint density at radius 2 is 1.65 bits per heavy atom. The Kier molecular flexibility index (Phi) is 7.41. The lowest BCUT2D eigenvalue weighted by molar-refractivity contribution is -0.132. The number of benzene rings is 1. The average molecular weight is 319 g/mol. The molecule has 0 bridgehead atoms. The van der Waals surface area contributed by atoms with Crippen LogP contribution in [0.25, 0.3) is 0 Å². The van der Waals surface area contributed by atoms with Gasteiger partial charge >= 0.3 is 0 Å². The first-order valence-corrected chi connectivity index (χ1v) is 7.75. The van der Waals surface area contributed by atoms with Crippen molar-refractivity contribution in [2.24, 2.45) is 0 Å². The van der Waals surface area contributed by atoms with Crippen molar-refractivity contribution < 1.29 is 14.4 Å². The zero-order chi connectivity index (χ0) is 17.4. The first kappa shape index (κ1) is 18.8. The minimum absolute atomic E-state index is 0.00515. The van der Waals surface area contributed by atoms with Gasteiger partial charge in [0, 0.05) is 18.7 Å². The topological polar surface area (TPSA) is 69.7 Å². The van der Waals surface area contributed by atoms with Crippen LogP contribution in [0.4, 0.5) is 5.69 Å². The SMILES string of the molecule is CCN(CC)C(=O)CN(C)CC(=O)Nc1ccccc1C(C)=O. The number of hydrogen-bond donors (Lipinski definition) is 1. The van der Waals surface area contributed by atoms with E-state index in [1.165, 1.54) is 6.92 Å². The van der Waals surface area contributed by atoms with Gasteiger partial charge in [-0.1, -0.05) is 12.1 Å². The highest BCUT2D eigenvalue weighted by atomic mass is 16.2. The first-order valence-electron chi connectivity index (χ1n) is 7.75. The third-order valence-electron chi connectivity index (χ3n) is 3.52. The first-order chi connectivity index (χ1) is 10.9. The normalized spacial score (nSPS) is 10.5. The molecule has 6 nitrogen and oxygen atoms in total. The summed E-state index contributed by atoms with van der Waals surface area (Å²) in [7, 11) is 1.72. The molecule has 0 aromatic heterocycles. The van der Waals surface area contributed by atoms with Gasteiger partial charge in [-0.05, 0) is 40.0 Å². The second-order valence-electron chi connectivity index (χ2n) is 5.39. The summed E-state index contributed by atoms with van der Waals surface area (Å²) in [5.41, 5.74) is 0.969. The van der Waals surface area contributed by atoms with Gasteiger partial charge in [-0.15, -0.1) is 0 Å². The fraction of sp³-hybridized carbons (Fsp3) is 0.471. The Bertz CT molecular complexity index is 568. The third-order valence-corrected chi connectivity index (χ3v) is 3.52. The van der Waals surface area contributed by atoms with Gasteiger partial charge in [0.1, 0.15) is 0 Å². The van der Waals surface area contributed by atoms with Gasteiger partial charge in [0.25, 0.3) is 0 Å². The number of carbonyl (C=O) groups excluding carboxylic acids is 3. The molecule has 23 heavy (non-hydrogen) atoms. The van der Waals surface area contributed by atoms with Gasteiger partial charge in [-0.2, -0.15) is 0 Å². The van der Waals surface area contributed by atoms with Gasteiger partial charge < -0.3 is 10.2 Å². The van der Waals surface area contributed by atoms with E-state index in [-0.39, 0.29) is 30.7 Å². The van der Waals surface area contributed by atoms with Crippen molar-refractivity contribution in [2.75, 3.05) is 38.5 Å². The summed E-state index contributed by atoms with van der Waals surface area (Å²) in [5.74, 6) is -0.367. The van der Waals surface area contributed by atoms with Crippen molar-refractivity contribution in [3.8, 4) is 0 Å². The number of anilines is 1. The maximum atomic E-state index is 12.1. The fourth-order valence-corrected chi connectivity index (χ4v) is 2.30. The zero-order valence-corrected chi connectivity index (χ0v) is 14.3. The van der Waals surface area contributed by atoms with E-state index in [1.807, 2.05) is 13.8 Å². The van der Waals surface area contributed by atoms with Crippen molar-refractivity contribution in [2.45, 2.75) is 20.8 Å². The number of nitrogens with zero attached hydrogens (tertiary/aromatic N) is 2. The third kappa shape index (κ3) is 5.83. The van der Waals surface area contributed by atoms with E-state index in [0.717, 1.165) is 0 Å². The Balaban J connectivity index is 2.60. The minimum atomic E-state index is -0.256. The molecule has 0 saturated carbocycles. The molecule has 0 spiro atoms. The van der Waals surface area contributed by atoms with E-state index in [1.54, 1.807) is 41.1 Å². The summed E-state index contributed by atoms with van der Waals surface area (Å²) in [6.07, 6.45) is 0. The molecule has 0 aliphatic rings. The molecule has 0 heterocycles. The summed E-state index contributed by atoms with van der Waals surface area (Å²) < 4.78 is 0. The van der Waals surface area contributed by atoms with E-state index in [0.29, 0.717) is 24.3 Å². The summed E-state index contributed by atoms with van der Waals surface area (Å²) in [5, 5.41) is 2.73. The number of para-hydroxylation sites is 1. The number of amides is 2. The van der Waals surface area contributed by atoms with Crippen LogP contribution in [0.2, 0.25) is 0 Å². The Morgan fingerprint density at radius 1 is 1.04 bits per heavy atom. The molecule has 1 N–H and O–H groups in total. The van der Waals surface area contributed by atoms with Crippen LogP contribution in [0, 0.1) is 0 Å². The summed E-state index contributed by atoms with van der Waals surface area (Å²) in [6.45, 7) is 6.88. The lowest BCUT2D eigenvalue weighted by atomic mass is 10.1. The summed E-state index contributed by atoms with van der Waals surface area (Å²) in [4.78, 5) is 39.0. The van der Waals surface area contributed by atoms with Crippen LogP contribution in [0.5, 0.6) is 0 Å². The Labute approximate surface area is 137 Å². The molecule has 126 valence electrons. The molecule has 6 heteroatoms. The average Bonchev–Trinajstić information content (AvgIpc) is 2.48. The van der Waals surface area contributed by atoms with Gasteiger partial charge in [0.05, 0.1) is 18.8 Å². The predicted octanol–water partition coefficient (Wildman–Crippen LogP) is 1.63. The predicted molar refractivity (Wildman–Crippen MR) is 90.5 cm³/mol. The number of rotatable bonds is 8. The molecular formula is C17H25N3O3. The highest BCUT2D eigenvalue weighted by molar-refractivity contribution is 6.04. The maximum absolute atomic E-state index is 12.1. The molecule has 0 radical (unpaired) electrons. The quantitative estimate of drug-likeness (QED) is 0.739. The van der Waals surface area contributed by atoms with Crippen molar-refractivity contribution in [3.05, 3.63) is 29.8 Å². The molecule has 0 aliphatic carbocycles. The minimum Gasteiger partial charge on any atom is -0.342 e. The number of likely N-dealkylation sites (N-methyl/N-ethyl adjacent to an activating group) is 2. The number of ketones is 1. The highest BCUT2D eigenvalue weighted by Crippen LogP contribution is 2.15. The van der Waals surface area contributed by atoms with E-state index in [4.69, 9.17) is 0 Å². The molecular weight excluding hydrogens is 294 g/mol. The Morgan fingerprint density at radius 3 is 2.22 bits per heavy atom. The summed E-state index contributed by atoms with van der Waals surface area (Å²) >= 11 is 0. The van der Waals surface area contributed by atoms with Gasteiger partial charge in [0.15, 0.2) is 5.78 Å². The molecule has 0 saturated heterocycles. The molecule has 1 rings (SSSR count). The smallest absolute Gasteiger partial charge is 0.238 e. The van der Waals surface area contributed by atoms with Crippen molar-refractivity contribution in [1.29, 1.82) is 0 Å².